The molecule has 7 heteroatoms. The third kappa shape index (κ3) is 9.44. The van der Waals surface area contributed by atoms with Gasteiger partial charge in [-0.3, -0.25) is 4.79 Å². The lowest BCUT2D eigenvalue weighted by atomic mass is 9.97. The molecule has 0 spiro atoms. The van der Waals surface area contributed by atoms with E-state index >= 15 is 0 Å². The van der Waals surface area contributed by atoms with E-state index in [9.17, 15) is 4.79 Å². The fourth-order valence-electron chi connectivity index (χ4n) is 4.42. The van der Waals surface area contributed by atoms with Crippen molar-refractivity contribution in [2.45, 2.75) is 142 Å². The minimum atomic E-state index is -0.723. The van der Waals surface area contributed by atoms with Crippen molar-refractivity contribution in [3.05, 3.63) is 0 Å². The highest BCUT2D eigenvalue weighted by molar-refractivity contribution is 5.71. The van der Waals surface area contributed by atoms with Crippen LogP contribution in [0.15, 0.2) is 0 Å². The molecule has 7 nitrogen and oxygen atoms in total. The lowest BCUT2D eigenvalue weighted by molar-refractivity contribution is -0.364. The highest BCUT2D eigenvalue weighted by Gasteiger charge is 2.52. The topological polar surface area (TPSA) is 72.5 Å². The zero-order valence-electron chi connectivity index (χ0n) is 21.8. The van der Waals surface area contributed by atoms with Gasteiger partial charge in [-0.15, -0.1) is 0 Å². The number of rotatable bonds is 15. The SMILES string of the molecule is CCCCCCCCCCCC1OCC2O[C@H](OC)C(OC(=O)C(C)C)[C@@H](OC(C)C)[C@@H]2O1. The van der Waals surface area contributed by atoms with Crippen LogP contribution in [0.5, 0.6) is 0 Å². The van der Waals surface area contributed by atoms with Crippen molar-refractivity contribution in [1.29, 1.82) is 0 Å². The summed E-state index contributed by atoms with van der Waals surface area (Å²) in [6.07, 6.45) is 9.42. The van der Waals surface area contributed by atoms with E-state index in [1.54, 1.807) is 21.0 Å². The number of esters is 1. The summed E-state index contributed by atoms with van der Waals surface area (Å²) < 4.78 is 35.8. The Kier molecular flexibility index (Phi) is 13.2. The van der Waals surface area contributed by atoms with Gasteiger partial charge in [0.1, 0.15) is 18.3 Å². The molecule has 0 N–H and O–H groups in total. The number of carbonyl (C=O) groups excluding carboxylic acids is 1. The first kappa shape index (κ1) is 28.5. The van der Waals surface area contributed by atoms with Crippen molar-refractivity contribution in [1.82, 2.24) is 0 Å². The molecule has 2 saturated heterocycles. The van der Waals surface area contributed by atoms with Gasteiger partial charge in [0, 0.05) is 7.11 Å². The summed E-state index contributed by atoms with van der Waals surface area (Å²) in [7, 11) is 1.55. The Balaban J connectivity index is 1.88. The standard InChI is InChI=1S/C26H48O7/c1-7-8-9-10-11-12-13-14-15-16-21-29-17-20-22(32-21)23(30-19(4)5)24(26(28-6)31-20)33-25(27)18(2)3/h18-24,26H,7-17H2,1-6H3/t20?,21?,22-,23+,24?,26+/m1/s1. The molecule has 2 heterocycles. The molecule has 0 aromatic rings. The van der Waals surface area contributed by atoms with E-state index in [1.807, 2.05) is 13.8 Å². The third-order valence-electron chi connectivity index (χ3n) is 6.28. The van der Waals surface area contributed by atoms with Crippen molar-refractivity contribution in [3.63, 3.8) is 0 Å². The minimum Gasteiger partial charge on any atom is -0.454 e. The number of fused-ring (bicyclic) bond motifs is 1. The van der Waals surface area contributed by atoms with Crippen LogP contribution in [0.4, 0.5) is 0 Å². The monoisotopic (exact) mass is 472 g/mol. The molecule has 33 heavy (non-hydrogen) atoms. The van der Waals surface area contributed by atoms with E-state index in [2.05, 4.69) is 6.92 Å². The van der Waals surface area contributed by atoms with Gasteiger partial charge in [0.05, 0.1) is 18.6 Å². The van der Waals surface area contributed by atoms with Gasteiger partial charge in [-0.05, 0) is 26.7 Å². The molecule has 3 unspecified atom stereocenters. The molecule has 2 rings (SSSR count). The summed E-state index contributed by atoms with van der Waals surface area (Å²) in [6, 6.07) is 0. The second-order valence-electron chi connectivity index (χ2n) is 9.96. The van der Waals surface area contributed by atoms with Gasteiger partial charge in [-0.1, -0.05) is 72.1 Å². The highest BCUT2D eigenvalue weighted by atomic mass is 16.8. The minimum absolute atomic E-state index is 0.0614. The summed E-state index contributed by atoms with van der Waals surface area (Å²) in [5.74, 6) is -0.560. The first-order valence-electron chi connectivity index (χ1n) is 13.2. The van der Waals surface area contributed by atoms with Crippen LogP contribution >= 0.6 is 0 Å². The lowest BCUT2D eigenvalue weighted by Gasteiger charge is -2.48. The maximum absolute atomic E-state index is 12.4. The largest absolute Gasteiger partial charge is 0.454 e. The molecule has 0 saturated carbocycles. The molecule has 0 aromatic carbocycles. The molecule has 0 amide bonds. The van der Waals surface area contributed by atoms with E-state index in [-0.39, 0.29) is 36.5 Å². The quantitative estimate of drug-likeness (QED) is 0.234. The molecular formula is C26H48O7. The molecule has 2 fully saturated rings. The zero-order chi connectivity index (χ0) is 24.2. The van der Waals surface area contributed by atoms with Crippen LogP contribution in [0.2, 0.25) is 0 Å². The van der Waals surface area contributed by atoms with Crippen LogP contribution in [0.1, 0.15) is 98.8 Å². The molecular weight excluding hydrogens is 424 g/mol. The highest BCUT2D eigenvalue weighted by Crippen LogP contribution is 2.34. The summed E-state index contributed by atoms with van der Waals surface area (Å²) in [5, 5.41) is 0. The zero-order valence-corrected chi connectivity index (χ0v) is 21.8. The number of hydrogen-bond donors (Lipinski definition) is 0. The number of carbonyl (C=O) groups is 1. The van der Waals surface area contributed by atoms with Crippen LogP contribution in [-0.2, 0) is 33.2 Å². The summed E-state index contributed by atoms with van der Waals surface area (Å²) in [5.41, 5.74) is 0. The van der Waals surface area contributed by atoms with Crippen molar-refractivity contribution < 1.29 is 33.2 Å². The Labute approximate surface area is 201 Å². The van der Waals surface area contributed by atoms with Gasteiger partial charge in [0.2, 0.25) is 0 Å². The van der Waals surface area contributed by atoms with Gasteiger partial charge in [0.25, 0.3) is 0 Å². The van der Waals surface area contributed by atoms with Gasteiger partial charge in [0.15, 0.2) is 18.7 Å². The smallest absolute Gasteiger partial charge is 0.308 e. The molecule has 0 aliphatic carbocycles. The normalized spacial score (nSPS) is 29.9. The number of ether oxygens (including phenoxy) is 6. The summed E-state index contributed by atoms with van der Waals surface area (Å²) >= 11 is 0. The fourth-order valence-corrected chi connectivity index (χ4v) is 4.42. The van der Waals surface area contributed by atoms with Gasteiger partial charge >= 0.3 is 5.97 Å². The van der Waals surface area contributed by atoms with Crippen LogP contribution < -0.4 is 0 Å². The van der Waals surface area contributed by atoms with Crippen molar-refractivity contribution >= 4 is 5.97 Å². The Morgan fingerprint density at radius 2 is 1.55 bits per heavy atom. The maximum atomic E-state index is 12.4. The van der Waals surface area contributed by atoms with E-state index in [1.165, 1.54) is 51.4 Å². The van der Waals surface area contributed by atoms with Crippen molar-refractivity contribution in [3.8, 4) is 0 Å². The fraction of sp³-hybridized carbons (Fsp3) is 0.962. The Bertz CT molecular complexity index is 539. The molecule has 0 radical (unpaired) electrons. The first-order chi connectivity index (χ1) is 15.9. The molecule has 0 bridgehead atoms. The summed E-state index contributed by atoms with van der Waals surface area (Å²) in [4.78, 5) is 12.4. The van der Waals surface area contributed by atoms with Gasteiger partial charge in [-0.2, -0.15) is 0 Å². The van der Waals surface area contributed by atoms with Crippen LogP contribution in [0.3, 0.4) is 0 Å². The average molecular weight is 473 g/mol. The van der Waals surface area contributed by atoms with Crippen molar-refractivity contribution in [2.24, 2.45) is 5.92 Å². The van der Waals surface area contributed by atoms with E-state index in [0.29, 0.717) is 6.61 Å². The second kappa shape index (κ2) is 15.3. The Morgan fingerprint density at radius 3 is 2.12 bits per heavy atom. The number of hydrogen-bond acceptors (Lipinski definition) is 7. The Morgan fingerprint density at radius 1 is 0.909 bits per heavy atom. The van der Waals surface area contributed by atoms with E-state index in [4.69, 9.17) is 28.4 Å². The Hall–Kier alpha value is -0.730. The third-order valence-corrected chi connectivity index (χ3v) is 6.28. The molecule has 2 aliphatic heterocycles. The number of methoxy groups -OCH3 is 1. The average Bonchev–Trinajstić information content (AvgIpc) is 2.78. The van der Waals surface area contributed by atoms with Crippen LogP contribution in [0, 0.1) is 5.92 Å². The number of unbranched alkanes of at least 4 members (excludes halogenated alkanes) is 8. The predicted octanol–water partition coefficient (Wildman–Crippen LogP) is 5.38. The summed E-state index contributed by atoms with van der Waals surface area (Å²) in [6.45, 7) is 10.2. The molecule has 194 valence electrons. The van der Waals surface area contributed by atoms with Crippen LogP contribution in [0.25, 0.3) is 0 Å². The molecule has 0 aromatic heterocycles. The van der Waals surface area contributed by atoms with Crippen molar-refractivity contribution in [2.75, 3.05) is 13.7 Å². The second-order valence-corrected chi connectivity index (χ2v) is 9.96. The van der Waals surface area contributed by atoms with E-state index in [0.717, 1.165) is 12.8 Å². The lowest BCUT2D eigenvalue weighted by Crippen LogP contribution is -2.65. The van der Waals surface area contributed by atoms with Crippen LogP contribution in [-0.4, -0.2) is 62.8 Å². The van der Waals surface area contributed by atoms with E-state index < -0.39 is 18.5 Å². The predicted molar refractivity (Wildman–Crippen MR) is 127 cm³/mol. The molecule has 2 aliphatic rings. The molecule has 6 atom stereocenters. The maximum Gasteiger partial charge on any atom is 0.308 e. The van der Waals surface area contributed by atoms with Gasteiger partial charge < -0.3 is 28.4 Å². The van der Waals surface area contributed by atoms with Gasteiger partial charge in [-0.25, -0.2) is 0 Å². The first-order valence-corrected chi connectivity index (χ1v) is 13.2.